The van der Waals surface area contributed by atoms with E-state index in [1.54, 1.807) is 36.7 Å². The van der Waals surface area contributed by atoms with E-state index in [1.165, 1.54) is 6.20 Å². The van der Waals surface area contributed by atoms with Crippen molar-refractivity contribution >= 4 is 15.7 Å². The summed E-state index contributed by atoms with van der Waals surface area (Å²) in [6, 6.07) is 10.3. The third kappa shape index (κ3) is 3.30. The summed E-state index contributed by atoms with van der Waals surface area (Å²) >= 11 is 0. The van der Waals surface area contributed by atoms with Crippen molar-refractivity contribution in [2.45, 2.75) is 25.2 Å². The van der Waals surface area contributed by atoms with Crippen LogP contribution in [0.2, 0.25) is 0 Å². The molecule has 0 aliphatic rings. The van der Waals surface area contributed by atoms with Crippen molar-refractivity contribution in [1.29, 1.82) is 0 Å². The fourth-order valence-corrected chi connectivity index (χ4v) is 3.37. The second kappa shape index (κ2) is 6.45. The summed E-state index contributed by atoms with van der Waals surface area (Å²) in [7, 11) is -3.62. The van der Waals surface area contributed by atoms with Gasteiger partial charge in [0.1, 0.15) is 11.6 Å². The number of pyridine rings is 1. The van der Waals surface area contributed by atoms with Crippen LogP contribution in [0.15, 0.2) is 59.9 Å². The first-order valence-electron chi connectivity index (χ1n) is 7.58. The van der Waals surface area contributed by atoms with Crippen molar-refractivity contribution in [3.8, 4) is 5.82 Å². The van der Waals surface area contributed by atoms with E-state index >= 15 is 0 Å². The highest BCUT2D eigenvalue weighted by atomic mass is 32.2. The number of hydrogen-bond donors (Lipinski definition) is 1. The van der Waals surface area contributed by atoms with E-state index in [9.17, 15) is 8.42 Å². The molecule has 3 aromatic rings. The number of imidazole rings is 1. The molecule has 0 fully saturated rings. The molecule has 0 amide bonds. The van der Waals surface area contributed by atoms with E-state index in [1.807, 2.05) is 30.5 Å². The Morgan fingerprint density at radius 2 is 1.83 bits per heavy atom. The van der Waals surface area contributed by atoms with Crippen molar-refractivity contribution in [2.24, 2.45) is 0 Å². The number of nitrogens with zero attached hydrogens (tertiary/aromatic N) is 3. The molecule has 0 atom stereocenters. The van der Waals surface area contributed by atoms with Crippen LogP contribution in [0.25, 0.3) is 5.82 Å². The molecule has 0 aliphatic carbocycles. The average molecular weight is 342 g/mol. The fourth-order valence-electron chi connectivity index (χ4n) is 2.33. The first-order chi connectivity index (χ1) is 11.5. The Bertz CT molecular complexity index is 929. The average Bonchev–Trinajstić information content (AvgIpc) is 3.01. The van der Waals surface area contributed by atoms with Gasteiger partial charge in [0.2, 0.25) is 0 Å². The van der Waals surface area contributed by atoms with E-state index in [4.69, 9.17) is 0 Å². The number of aryl methyl sites for hydroxylation is 2. The minimum Gasteiger partial charge on any atom is -0.288 e. The number of anilines is 1. The third-order valence-electron chi connectivity index (χ3n) is 3.71. The highest BCUT2D eigenvalue weighted by Crippen LogP contribution is 2.17. The molecular formula is C17H18N4O2S. The molecule has 2 aromatic heterocycles. The van der Waals surface area contributed by atoms with Crippen LogP contribution in [0.4, 0.5) is 5.69 Å². The van der Waals surface area contributed by atoms with Gasteiger partial charge in [-0.15, -0.1) is 0 Å². The summed E-state index contributed by atoms with van der Waals surface area (Å²) in [6.45, 7) is 3.90. The number of rotatable bonds is 5. The number of nitrogens with one attached hydrogen (secondary N) is 1. The van der Waals surface area contributed by atoms with Crippen LogP contribution >= 0.6 is 0 Å². The Hall–Kier alpha value is -2.67. The van der Waals surface area contributed by atoms with Gasteiger partial charge in [-0.25, -0.2) is 18.4 Å². The lowest BCUT2D eigenvalue weighted by Crippen LogP contribution is -2.13. The maximum atomic E-state index is 12.4. The molecule has 0 radical (unpaired) electrons. The maximum Gasteiger partial charge on any atom is 0.261 e. The summed E-state index contributed by atoms with van der Waals surface area (Å²) in [6.07, 6.45) is 5.85. The molecule has 0 unspecified atom stereocenters. The number of sulfonamides is 1. The van der Waals surface area contributed by atoms with E-state index in [0.717, 1.165) is 17.8 Å². The summed E-state index contributed by atoms with van der Waals surface area (Å²) in [4.78, 5) is 8.65. The fraction of sp³-hybridized carbons (Fsp3) is 0.176. The van der Waals surface area contributed by atoms with Crippen LogP contribution in [0.3, 0.4) is 0 Å². The normalized spacial score (nSPS) is 11.4. The molecule has 124 valence electrons. The highest BCUT2D eigenvalue weighted by Gasteiger charge is 2.14. The smallest absolute Gasteiger partial charge is 0.261 e. The van der Waals surface area contributed by atoms with Gasteiger partial charge in [0.05, 0.1) is 16.8 Å². The van der Waals surface area contributed by atoms with Crippen LogP contribution in [0, 0.1) is 6.92 Å². The van der Waals surface area contributed by atoms with Gasteiger partial charge >= 0.3 is 0 Å². The Balaban J connectivity index is 1.81. The molecule has 0 aliphatic heterocycles. The van der Waals surface area contributed by atoms with Crippen LogP contribution in [-0.4, -0.2) is 23.0 Å². The molecule has 6 nitrogen and oxygen atoms in total. The zero-order valence-corrected chi connectivity index (χ0v) is 14.3. The molecule has 2 heterocycles. The summed E-state index contributed by atoms with van der Waals surface area (Å²) < 4.78 is 29.2. The molecular weight excluding hydrogens is 324 g/mol. The van der Waals surface area contributed by atoms with E-state index in [0.29, 0.717) is 11.5 Å². The summed E-state index contributed by atoms with van der Waals surface area (Å²) in [5.74, 6) is 1.49. The molecule has 0 spiro atoms. The van der Waals surface area contributed by atoms with Gasteiger partial charge in [0.15, 0.2) is 0 Å². The van der Waals surface area contributed by atoms with Crippen molar-refractivity contribution in [3.05, 3.63) is 66.4 Å². The molecule has 24 heavy (non-hydrogen) atoms. The minimum atomic E-state index is -3.62. The number of hydrogen-bond acceptors (Lipinski definition) is 4. The van der Waals surface area contributed by atoms with Gasteiger partial charge in [-0.05, 0) is 43.2 Å². The third-order valence-corrected chi connectivity index (χ3v) is 5.11. The van der Waals surface area contributed by atoms with Gasteiger partial charge in [-0.3, -0.25) is 9.29 Å². The predicted octanol–water partition coefficient (Wildman–Crippen LogP) is 2.94. The predicted molar refractivity (Wildman–Crippen MR) is 92.7 cm³/mol. The SMILES string of the molecule is CCc1ccc(S(=O)(=O)Nc2ccc(-n3ccnc3C)nc2)cc1. The highest BCUT2D eigenvalue weighted by molar-refractivity contribution is 7.92. The molecule has 1 N–H and O–H groups in total. The molecule has 0 bridgehead atoms. The van der Waals surface area contributed by atoms with Crippen LogP contribution in [-0.2, 0) is 16.4 Å². The second-order valence-corrected chi connectivity index (χ2v) is 7.03. The molecule has 3 rings (SSSR count). The molecule has 1 aromatic carbocycles. The zero-order chi connectivity index (χ0) is 17.2. The second-order valence-electron chi connectivity index (χ2n) is 5.35. The van der Waals surface area contributed by atoms with Crippen molar-refractivity contribution in [1.82, 2.24) is 14.5 Å². The van der Waals surface area contributed by atoms with Crippen molar-refractivity contribution in [3.63, 3.8) is 0 Å². The Morgan fingerprint density at radius 1 is 1.08 bits per heavy atom. The quantitative estimate of drug-likeness (QED) is 0.773. The Kier molecular flexibility index (Phi) is 4.35. The van der Waals surface area contributed by atoms with Gasteiger partial charge in [-0.2, -0.15) is 0 Å². The van der Waals surface area contributed by atoms with Crippen LogP contribution < -0.4 is 4.72 Å². The van der Waals surface area contributed by atoms with E-state index in [2.05, 4.69) is 14.7 Å². The zero-order valence-electron chi connectivity index (χ0n) is 13.5. The first-order valence-corrected chi connectivity index (χ1v) is 9.06. The number of benzene rings is 1. The van der Waals surface area contributed by atoms with Crippen LogP contribution in [0.5, 0.6) is 0 Å². The first kappa shape index (κ1) is 16.2. The van der Waals surface area contributed by atoms with Gasteiger partial charge in [0, 0.05) is 12.4 Å². The van der Waals surface area contributed by atoms with Crippen LogP contribution in [0.1, 0.15) is 18.3 Å². The standard InChI is InChI=1S/C17H18N4O2S/c1-3-14-4-7-16(8-5-14)24(22,23)20-15-6-9-17(19-12-15)21-11-10-18-13(21)2/h4-12,20H,3H2,1-2H3. The maximum absolute atomic E-state index is 12.4. The lowest BCUT2D eigenvalue weighted by molar-refractivity contribution is 0.601. The largest absolute Gasteiger partial charge is 0.288 e. The Morgan fingerprint density at radius 3 is 2.38 bits per heavy atom. The summed E-state index contributed by atoms with van der Waals surface area (Å²) in [5, 5.41) is 0. The van der Waals surface area contributed by atoms with Crippen molar-refractivity contribution < 1.29 is 8.42 Å². The topological polar surface area (TPSA) is 76.9 Å². The van der Waals surface area contributed by atoms with E-state index < -0.39 is 10.0 Å². The monoisotopic (exact) mass is 342 g/mol. The Labute approximate surface area is 141 Å². The number of aromatic nitrogens is 3. The molecule has 7 heteroatoms. The summed E-state index contributed by atoms with van der Waals surface area (Å²) in [5.41, 5.74) is 1.51. The minimum absolute atomic E-state index is 0.231. The van der Waals surface area contributed by atoms with Crippen molar-refractivity contribution in [2.75, 3.05) is 4.72 Å². The van der Waals surface area contributed by atoms with E-state index in [-0.39, 0.29) is 4.90 Å². The molecule has 0 saturated carbocycles. The molecule has 0 saturated heterocycles. The van der Waals surface area contributed by atoms with Gasteiger partial charge in [-0.1, -0.05) is 19.1 Å². The van der Waals surface area contributed by atoms with Gasteiger partial charge < -0.3 is 0 Å². The lowest BCUT2D eigenvalue weighted by atomic mass is 10.2. The van der Waals surface area contributed by atoms with Gasteiger partial charge in [0.25, 0.3) is 10.0 Å². The lowest BCUT2D eigenvalue weighted by Gasteiger charge is -2.09.